The second-order valence-electron chi connectivity index (χ2n) is 8.27. The van der Waals surface area contributed by atoms with E-state index in [1.807, 2.05) is 36.4 Å². The number of carbonyl (C=O) groups excluding carboxylic acids is 1. The number of anilines is 1. The van der Waals surface area contributed by atoms with Crippen LogP contribution in [-0.4, -0.2) is 5.91 Å². The Hall–Kier alpha value is -3.28. The maximum atomic E-state index is 12.9. The van der Waals surface area contributed by atoms with Crippen molar-refractivity contribution < 1.29 is 14.3 Å². The highest BCUT2D eigenvalue weighted by atomic mass is 79.9. The summed E-state index contributed by atoms with van der Waals surface area (Å²) < 4.78 is 13.5. The Morgan fingerprint density at radius 2 is 1.59 bits per heavy atom. The Morgan fingerprint density at radius 1 is 0.872 bits per heavy atom. The molecule has 0 spiro atoms. The summed E-state index contributed by atoms with van der Waals surface area (Å²) in [5.41, 5.74) is 2.78. The monoisotopic (exact) mass is 684 g/mol. The molecule has 39 heavy (non-hydrogen) atoms. The van der Waals surface area contributed by atoms with Gasteiger partial charge in [0, 0.05) is 35.8 Å². The third-order valence-electron chi connectivity index (χ3n) is 5.47. The molecule has 9 heteroatoms. The van der Waals surface area contributed by atoms with Crippen LogP contribution in [0.5, 0.6) is 11.5 Å². The first-order chi connectivity index (χ1) is 18.8. The van der Waals surface area contributed by atoms with Gasteiger partial charge in [-0.25, -0.2) is 0 Å². The van der Waals surface area contributed by atoms with E-state index in [1.165, 1.54) is 6.08 Å². The number of rotatable bonds is 9. The molecule has 0 unspecified atom stereocenters. The van der Waals surface area contributed by atoms with Gasteiger partial charge in [0.1, 0.15) is 36.4 Å². The molecule has 4 aromatic rings. The van der Waals surface area contributed by atoms with Crippen LogP contribution in [0.1, 0.15) is 16.7 Å². The smallest absolute Gasteiger partial charge is 0.266 e. The Balaban J connectivity index is 1.43. The minimum atomic E-state index is -0.548. The van der Waals surface area contributed by atoms with Crippen LogP contribution in [0.15, 0.2) is 99.4 Å². The largest absolute Gasteiger partial charge is 0.489 e. The van der Waals surface area contributed by atoms with Gasteiger partial charge in [0.15, 0.2) is 0 Å². The zero-order valence-electron chi connectivity index (χ0n) is 20.3. The number of benzene rings is 4. The summed E-state index contributed by atoms with van der Waals surface area (Å²) in [5.74, 6) is 0.591. The third kappa shape index (κ3) is 8.35. The SMILES string of the molecule is N#C/C(=C\c1cc(Br)ccc1OCc1ccc(Cl)cc1Cl)C(=O)Nc1ccc(OCc2ccc(Br)cc2)cc1. The first-order valence-electron chi connectivity index (χ1n) is 11.6. The van der Waals surface area contributed by atoms with Crippen molar-refractivity contribution in [2.24, 2.45) is 0 Å². The van der Waals surface area contributed by atoms with Crippen molar-refractivity contribution in [3.05, 3.63) is 126 Å². The van der Waals surface area contributed by atoms with Crippen LogP contribution < -0.4 is 14.8 Å². The van der Waals surface area contributed by atoms with Crippen LogP contribution in [0.2, 0.25) is 10.0 Å². The van der Waals surface area contributed by atoms with Gasteiger partial charge in [0.25, 0.3) is 5.91 Å². The molecule has 0 bridgehead atoms. The number of halogens is 4. The molecule has 0 fully saturated rings. The van der Waals surface area contributed by atoms with Gasteiger partial charge in [-0.05, 0) is 78.4 Å². The lowest BCUT2D eigenvalue weighted by atomic mass is 10.1. The van der Waals surface area contributed by atoms with Gasteiger partial charge in [-0.1, -0.05) is 73.3 Å². The fraction of sp³-hybridized carbons (Fsp3) is 0.0667. The minimum Gasteiger partial charge on any atom is -0.489 e. The van der Waals surface area contributed by atoms with Crippen LogP contribution in [0.3, 0.4) is 0 Å². The average molecular weight is 687 g/mol. The molecule has 0 heterocycles. The molecular weight excluding hydrogens is 667 g/mol. The number of hydrogen-bond donors (Lipinski definition) is 1. The maximum Gasteiger partial charge on any atom is 0.266 e. The van der Waals surface area contributed by atoms with Gasteiger partial charge < -0.3 is 14.8 Å². The summed E-state index contributed by atoms with van der Waals surface area (Å²) in [6.07, 6.45) is 1.48. The van der Waals surface area contributed by atoms with Crippen LogP contribution in [0.4, 0.5) is 5.69 Å². The topological polar surface area (TPSA) is 71.3 Å². The van der Waals surface area contributed by atoms with E-state index < -0.39 is 5.91 Å². The number of nitrogens with zero attached hydrogens (tertiary/aromatic N) is 1. The predicted octanol–water partition coefficient (Wildman–Crippen LogP) is 9.22. The van der Waals surface area contributed by atoms with E-state index in [0.29, 0.717) is 39.4 Å². The molecule has 0 saturated carbocycles. The fourth-order valence-electron chi connectivity index (χ4n) is 3.44. The Morgan fingerprint density at radius 3 is 2.28 bits per heavy atom. The highest BCUT2D eigenvalue weighted by Crippen LogP contribution is 2.28. The molecule has 5 nitrogen and oxygen atoms in total. The molecule has 0 aliphatic rings. The average Bonchev–Trinajstić information content (AvgIpc) is 2.92. The van der Waals surface area contributed by atoms with E-state index in [9.17, 15) is 10.1 Å². The quantitative estimate of drug-likeness (QED) is 0.141. The molecule has 0 atom stereocenters. The van der Waals surface area contributed by atoms with Crippen molar-refractivity contribution in [3.63, 3.8) is 0 Å². The molecule has 4 rings (SSSR count). The number of amides is 1. The Labute approximate surface area is 253 Å². The molecule has 4 aromatic carbocycles. The maximum absolute atomic E-state index is 12.9. The molecular formula is C30H20Br2Cl2N2O3. The summed E-state index contributed by atoms with van der Waals surface area (Å²) in [4.78, 5) is 12.9. The molecule has 0 aromatic heterocycles. The van der Waals surface area contributed by atoms with Crippen LogP contribution in [0.25, 0.3) is 6.08 Å². The van der Waals surface area contributed by atoms with Crippen molar-refractivity contribution >= 4 is 72.7 Å². The molecule has 0 saturated heterocycles. The second-order valence-corrected chi connectivity index (χ2v) is 10.9. The predicted molar refractivity (Wildman–Crippen MR) is 162 cm³/mol. The van der Waals surface area contributed by atoms with E-state index in [0.717, 1.165) is 20.1 Å². The molecule has 196 valence electrons. The van der Waals surface area contributed by atoms with Crippen molar-refractivity contribution in [2.75, 3.05) is 5.32 Å². The first-order valence-corrected chi connectivity index (χ1v) is 13.9. The minimum absolute atomic E-state index is 0.0851. The summed E-state index contributed by atoms with van der Waals surface area (Å²) in [6, 6.07) is 27.3. The Kier molecular flexibility index (Phi) is 10.1. The van der Waals surface area contributed by atoms with Gasteiger partial charge in [0.05, 0.1) is 0 Å². The number of nitrogens with one attached hydrogen (secondary N) is 1. The number of nitriles is 1. The van der Waals surface area contributed by atoms with Crippen molar-refractivity contribution in [1.82, 2.24) is 0 Å². The number of carbonyl (C=O) groups is 1. The highest BCUT2D eigenvalue weighted by molar-refractivity contribution is 9.10. The molecule has 1 N–H and O–H groups in total. The van der Waals surface area contributed by atoms with Gasteiger partial charge in [-0.3, -0.25) is 4.79 Å². The van der Waals surface area contributed by atoms with Crippen molar-refractivity contribution in [1.29, 1.82) is 5.26 Å². The number of ether oxygens (including phenoxy) is 2. The van der Waals surface area contributed by atoms with Crippen LogP contribution >= 0.6 is 55.1 Å². The van der Waals surface area contributed by atoms with Crippen molar-refractivity contribution in [3.8, 4) is 17.6 Å². The summed E-state index contributed by atoms with van der Waals surface area (Å²) >= 11 is 19.1. The van der Waals surface area contributed by atoms with Gasteiger partial charge in [0.2, 0.25) is 0 Å². The lowest BCUT2D eigenvalue weighted by Gasteiger charge is -2.12. The van der Waals surface area contributed by atoms with Crippen molar-refractivity contribution in [2.45, 2.75) is 13.2 Å². The Bertz CT molecular complexity index is 1550. The van der Waals surface area contributed by atoms with Crippen LogP contribution in [0, 0.1) is 11.3 Å². The lowest BCUT2D eigenvalue weighted by molar-refractivity contribution is -0.112. The molecule has 0 radical (unpaired) electrons. The standard InChI is InChI=1S/C30H20Br2Cl2N2O3/c31-23-4-1-19(2-5-23)17-38-27-10-8-26(9-11-27)36-30(37)22(16-35)13-21-14-24(32)6-12-29(21)39-18-20-3-7-25(33)15-28(20)34/h1-15H,17-18H2,(H,36,37)/b22-13+. The summed E-state index contributed by atoms with van der Waals surface area (Å²) in [5, 5.41) is 13.5. The lowest BCUT2D eigenvalue weighted by Crippen LogP contribution is -2.13. The normalized spacial score (nSPS) is 11.0. The van der Waals surface area contributed by atoms with Crippen LogP contribution in [-0.2, 0) is 18.0 Å². The van der Waals surface area contributed by atoms with E-state index in [1.54, 1.807) is 54.6 Å². The van der Waals surface area contributed by atoms with E-state index in [-0.39, 0.29) is 12.2 Å². The zero-order chi connectivity index (χ0) is 27.8. The highest BCUT2D eigenvalue weighted by Gasteiger charge is 2.13. The third-order valence-corrected chi connectivity index (χ3v) is 7.07. The van der Waals surface area contributed by atoms with E-state index in [4.69, 9.17) is 32.7 Å². The van der Waals surface area contributed by atoms with E-state index in [2.05, 4.69) is 37.2 Å². The van der Waals surface area contributed by atoms with Gasteiger partial charge >= 0.3 is 0 Å². The summed E-state index contributed by atoms with van der Waals surface area (Å²) in [6.45, 7) is 0.602. The fourth-order valence-corrected chi connectivity index (χ4v) is 4.55. The molecule has 0 aliphatic heterocycles. The van der Waals surface area contributed by atoms with E-state index >= 15 is 0 Å². The number of hydrogen-bond acceptors (Lipinski definition) is 4. The molecule has 0 aliphatic carbocycles. The van der Waals surface area contributed by atoms with Gasteiger partial charge in [-0.2, -0.15) is 5.26 Å². The van der Waals surface area contributed by atoms with Gasteiger partial charge in [-0.15, -0.1) is 0 Å². The molecule has 1 amide bonds. The zero-order valence-corrected chi connectivity index (χ0v) is 24.9. The second kappa shape index (κ2) is 13.7. The first kappa shape index (κ1) is 28.7. The summed E-state index contributed by atoms with van der Waals surface area (Å²) in [7, 11) is 0.